The Morgan fingerprint density at radius 2 is 2.00 bits per heavy atom. The van der Waals surface area contributed by atoms with Crippen LogP contribution in [-0.4, -0.2) is 43.3 Å². The number of para-hydroxylation sites is 2. The molecule has 0 unspecified atom stereocenters. The van der Waals surface area contributed by atoms with Gasteiger partial charge in [0, 0.05) is 17.0 Å². The predicted octanol–water partition coefficient (Wildman–Crippen LogP) is 4.14. The summed E-state index contributed by atoms with van der Waals surface area (Å²) in [4.78, 5) is 25.9. The zero-order valence-electron chi connectivity index (χ0n) is 16.3. The Kier molecular flexibility index (Phi) is 5.23. The van der Waals surface area contributed by atoms with Gasteiger partial charge in [0.25, 0.3) is 0 Å². The monoisotopic (exact) mass is 448 g/mol. The number of thioether (sulfide) groups is 1. The van der Waals surface area contributed by atoms with Crippen molar-refractivity contribution in [1.29, 1.82) is 0 Å². The second-order valence-electron chi connectivity index (χ2n) is 6.46. The Labute approximate surface area is 185 Å². The van der Waals surface area contributed by atoms with Crippen LogP contribution in [0.5, 0.6) is 5.75 Å². The Morgan fingerprint density at radius 1 is 1.16 bits per heavy atom. The third-order valence-electron chi connectivity index (χ3n) is 4.51. The zero-order chi connectivity index (χ0) is 21.2. The molecule has 10 heteroatoms. The van der Waals surface area contributed by atoms with E-state index < -0.39 is 0 Å². The quantitative estimate of drug-likeness (QED) is 0.308. The Hall–Kier alpha value is -3.50. The molecule has 0 spiro atoms. The summed E-state index contributed by atoms with van der Waals surface area (Å²) < 4.78 is 7.16. The van der Waals surface area contributed by atoms with E-state index in [1.807, 2.05) is 53.9 Å². The van der Waals surface area contributed by atoms with Crippen molar-refractivity contribution in [3.63, 3.8) is 0 Å². The third kappa shape index (κ3) is 3.82. The normalized spacial score (nSPS) is 11.1. The van der Waals surface area contributed by atoms with E-state index in [9.17, 15) is 4.79 Å². The standard InChI is InChI=1S/C21H16N6O2S2/c1-29-16-9-5-3-7-14(16)18-25-19-13-6-2-4-8-15(13)23-21(27(19)26-18)31-12-17(28)24-20-22-10-11-30-20/h2-11H,12H2,1H3,(H,22,24,28). The van der Waals surface area contributed by atoms with Crippen LogP contribution in [0, 0.1) is 0 Å². The number of rotatable bonds is 6. The van der Waals surface area contributed by atoms with Gasteiger partial charge in [0.2, 0.25) is 5.91 Å². The van der Waals surface area contributed by atoms with Crippen molar-refractivity contribution in [1.82, 2.24) is 24.6 Å². The number of nitrogens with one attached hydrogen (secondary N) is 1. The molecular weight excluding hydrogens is 432 g/mol. The van der Waals surface area contributed by atoms with Crippen molar-refractivity contribution in [2.45, 2.75) is 5.16 Å². The molecule has 8 nitrogen and oxygen atoms in total. The molecular formula is C21H16N6O2S2. The van der Waals surface area contributed by atoms with Crippen molar-refractivity contribution in [2.24, 2.45) is 0 Å². The lowest BCUT2D eigenvalue weighted by atomic mass is 10.2. The molecule has 0 saturated heterocycles. The molecule has 5 rings (SSSR count). The maximum absolute atomic E-state index is 12.3. The van der Waals surface area contributed by atoms with Crippen LogP contribution in [0.3, 0.4) is 0 Å². The molecule has 0 aliphatic carbocycles. The molecule has 0 saturated carbocycles. The average molecular weight is 449 g/mol. The van der Waals surface area contributed by atoms with E-state index in [0.717, 1.165) is 16.5 Å². The highest BCUT2D eigenvalue weighted by atomic mass is 32.2. The van der Waals surface area contributed by atoms with Gasteiger partial charge in [-0.25, -0.2) is 15.0 Å². The first-order valence-corrected chi connectivity index (χ1v) is 11.2. The van der Waals surface area contributed by atoms with Gasteiger partial charge < -0.3 is 10.1 Å². The van der Waals surface area contributed by atoms with Gasteiger partial charge in [-0.2, -0.15) is 4.52 Å². The molecule has 2 aromatic carbocycles. The van der Waals surface area contributed by atoms with Crippen molar-refractivity contribution < 1.29 is 9.53 Å². The van der Waals surface area contributed by atoms with Gasteiger partial charge in [0.15, 0.2) is 21.8 Å². The lowest BCUT2D eigenvalue weighted by molar-refractivity contribution is -0.113. The number of benzene rings is 2. The summed E-state index contributed by atoms with van der Waals surface area (Å²) in [6, 6.07) is 15.3. The largest absolute Gasteiger partial charge is 0.496 e. The van der Waals surface area contributed by atoms with E-state index in [1.165, 1.54) is 23.1 Å². The van der Waals surface area contributed by atoms with Gasteiger partial charge in [-0.15, -0.1) is 16.4 Å². The van der Waals surface area contributed by atoms with Crippen LogP contribution < -0.4 is 10.1 Å². The van der Waals surface area contributed by atoms with Crippen LogP contribution in [0.25, 0.3) is 27.9 Å². The minimum Gasteiger partial charge on any atom is -0.496 e. The highest BCUT2D eigenvalue weighted by Crippen LogP contribution is 2.30. The van der Waals surface area contributed by atoms with E-state index in [4.69, 9.17) is 19.8 Å². The molecule has 1 N–H and O–H groups in total. The van der Waals surface area contributed by atoms with E-state index >= 15 is 0 Å². The number of thiazole rings is 1. The number of nitrogens with zero attached hydrogens (tertiary/aromatic N) is 5. The third-order valence-corrected chi connectivity index (χ3v) is 6.13. The lowest BCUT2D eigenvalue weighted by Crippen LogP contribution is -2.14. The number of hydrogen-bond donors (Lipinski definition) is 1. The topological polar surface area (TPSA) is 94.3 Å². The fraction of sp³-hybridized carbons (Fsp3) is 0.0952. The molecule has 0 bridgehead atoms. The first kappa shape index (κ1) is 19.5. The van der Waals surface area contributed by atoms with Crippen LogP contribution in [0.1, 0.15) is 0 Å². The fourth-order valence-electron chi connectivity index (χ4n) is 3.14. The maximum atomic E-state index is 12.3. The van der Waals surface area contributed by atoms with E-state index in [2.05, 4.69) is 10.3 Å². The number of aromatic nitrogens is 5. The van der Waals surface area contributed by atoms with Crippen LogP contribution in [-0.2, 0) is 4.79 Å². The van der Waals surface area contributed by atoms with E-state index in [1.54, 1.807) is 17.8 Å². The number of carbonyl (C=O) groups is 1. The Balaban J connectivity index is 1.55. The Bertz CT molecular complexity index is 1380. The SMILES string of the molecule is COc1ccccc1-c1nc2c3ccccc3nc(SCC(=O)Nc3nccs3)n2n1. The predicted molar refractivity (Wildman–Crippen MR) is 122 cm³/mol. The van der Waals surface area contributed by atoms with Crippen LogP contribution in [0.15, 0.2) is 65.3 Å². The number of ether oxygens (including phenoxy) is 1. The molecule has 1 amide bonds. The summed E-state index contributed by atoms with van der Waals surface area (Å²) in [6.45, 7) is 0. The van der Waals surface area contributed by atoms with Gasteiger partial charge in [-0.1, -0.05) is 36.0 Å². The van der Waals surface area contributed by atoms with Crippen molar-refractivity contribution in [2.75, 3.05) is 18.2 Å². The second kappa shape index (κ2) is 8.32. The molecule has 31 heavy (non-hydrogen) atoms. The molecule has 0 aliphatic rings. The van der Waals surface area contributed by atoms with Crippen molar-refractivity contribution >= 4 is 50.7 Å². The van der Waals surface area contributed by atoms with Crippen molar-refractivity contribution in [3.05, 3.63) is 60.1 Å². The van der Waals surface area contributed by atoms with Gasteiger partial charge in [0.05, 0.1) is 23.9 Å². The summed E-state index contributed by atoms with van der Waals surface area (Å²) in [5.41, 5.74) is 2.25. The summed E-state index contributed by atoms with van der Waals surface area (Å²) in [5, 5.41) is 11.3. The minimum atomic E-state index is -0.159. The zero-order valence-corrected chi connectivity index (χ0v) is 18.0. The molecule has 154 valence electrons. The Morgan fingerprint density at radius 3 is 2.84 bits per heavy atom. The molecule has 0 atom stereocenters. The molecule has 0 aliphatic heterocycles. The van der Waals surface area contributed by atoms with Crippen molar-refractivity contribution in [3.8, 4) is 17.1 Å². The maximum Gasteiger partial charge on any atom is 0.236 e. The molecule has 3 aromatic heterocycles. The van der Waals surface area contributed by atoms with Gasteiger partial charge in [-0.3, -0.25) is 4.79 Å². The summed E-state index contributed by atoms with van der Waals surface area (Å²) in [6.07, 6.45) is 1.65. The average Bonchev–Trinajstić information content (AvgIpc) is 3.47. The number of anilines is 1. The first-order chi connectivity index (χ1) is 15.2. The number of amides is 1. The fourth-order valence-corrected chi connectivity index (χ4v) is 4.43. The summed E-state index contributed by atoms with van der Waals surface area (Å²) >= 11 is 2.67. The summed E-state index contributed by atoms with van der Waals surface area (Å²) in [7, 11) is 1.62. The highest BCUT2D eigenvalue weighted by Gasteiger charge is 2.18. The number of methoxy groups -OCH3 is 1. The van der Waals surface area contributed by atoms with Crippen LogP contribution in [0.4, 0.5) is 5.13 Å². The van der Waals surface area contributed by atoms with E-state index in [0.29, 0.717) is 27.5 Å². The van der Waals surface area contributed by atoms with Crippen LogP contribution >= 0.6 is 23.1 Å². The molecule has 0 fully saturated rings. The first-order valence-electron chi connectivity index (χ1n) is 9.34. The number of carbonyl (C=O) groups excluding carboxylic acids is 1. The van der Waals surface area contributed by atoms with Crippen LogP contribution in [0.2, 0.25) is 0 Å². The van der Waals surface area contributed by atoms with E-state index in [-0.39, 0.29) is 11.7 Å². The van der Waals surface area contributed by atoms with Gasteiger partial charge >= 0.3 is 0 Å². The molecule has 5 aromatic rings. The molecule has 0 radical (unpaired) electrons. The van der Waals surface area contributed by atoms with Gasteiger partial charge in [0.1, 0.15) is 5.75 Å². The lowest BCUT2D eigenvalue weighted by Gasteiger charge is -2.06. The van der Waals surface area contributed by atoms with Gasteiger partial charge in [-0.05, 0) is 24.3 Å². The number of fused-ring (bicyclic) bond motifs is 3. The second-order valence-corrected chi connectivity index (χ2v) is 8.29. The minimum absolute atomic E-state index is 0.159. The molecule has 3 heterocycles. The summed E-state index contributed by atoms with van der Waals surface area (Å²) in [5.74, 6) is 1.23. The number of hydrogen-bond acceptors (Lipinski definition) is 8. The smallest absolute Gasteiger partial charge is 0.236 e. The highest BCUT2D eigenvalue weighted by molar-refractivity contribution is 7.99.